The van der Waals surface area contributed by atoms with Crippen molar-refractivity contribution in [1.29, 1.82) is 0 Å². The fraction of sp³-hybridized carbons (Fsp3) is 0.857. The first-order valence-corrected chi connectivity index (χ1v) is 7.14. The molecule has 0 aromatic carbocycles. The van der Waals surface area contributed by atoms with Gasteiger partial charge in [0, 0.05) is 12.1 Å². The minimum Gasteiger partial charge on any atom is -0.466 e. The lowest BCUT2D eigenvalue weighted by atomic mass is 9.83. The summed E-state index contributed by atoms with van der Waals surface area (Å²) < 4.78 is 10.2. The molecule has 1 aliphatic carbocycles. The molecule has 0 spiro atoms. The van der Waals surface area contributed by atoms with Gasteiger partial charge in [0.15, 0.2) is 0 Å². The zero-order valence-corrected chi connectivity index (χ0v) is 12.8. The van der Waals surface area contributed by atoms with Gasteiger partial charge in [0.05, 0.1) is 12.5 Å². The van der Waals surface area contributed by atoms with Crippen molar-refractivity contribution >= 4 is 12.1 Å². The summed E-state index contributed by atoms with van der Waals surface area (Å²) in [5.41, 5.74) is 5.45. The molecule has 1 aliphatic rings. The van der Waals surface area contributed by atoms with Crippen molar-refractivity contribution in [2.75, 3.05) is 6.61 Å². The van der Waals surface area contributed by atoms with Crippen LogP contribution in [0.2, 0.25) is 0 Å². The Hall–Kier alpha value is -1.30. The molecule has 0 heterocycles. The zero-order valence-electron chi connectivity index (χ0n) is 12.8. The van der Waals surface area contributed by atoms with Crippen molar-refractivity contribution in [3.63, 3.8) is 0 Å². The van der Waals surface area contributed by atoms with Crippen LogP contribution in [0.5, 0.6) is 0 Å². The zero-order chi connectivity index (χ0) is 15.3. The lowest BCUT2D eigenvalue weighted by Gasteiger charge is -2.34. The minimum absolute atomic E-state index is 0.159. The molecule has 1 fully saturated rings. The van der Waals surface area contributed by atoms with E-state index >= 15 is 0 Å². The van der Waals surface area contributed by atoms with Crippen molar-refractivity contribution < 1.29 is 19.1 Å². The van der Waals surface area contributed by atoms with E-state index in [0.29, 0.717) is 25.9 Å². The first-order valence-electron chi connectivity index (χ1n) is 7.14. The highest BCUT2D eigenvalue weighted by molar-refractivity contribution is 5.73. The Morgan fingerprint density at radius 1 is 1.30 bits per heavy atom. The number of nitrogens with two attached hydrogens (primary N) is 1. The first-order chi connectivity index (χ1) is 9.23. The topological polar surface area (TPSA) is 90.6 Å². The fourth-order valence-electron chi connectivity index (χ4n) is 2.29. The van der Waals surface area contributed by atoms with Gasteiger partial charge in [-0.25, -0.2) is 4.79 Å². The van der Waals surface area contributed by atoms with Gasteiger partial charge in [0.25, 0.3) is 0 Å². The average molecular weight is 286 g/mol. The van der Waals surface area contributed by atoms with Gasteiger partial charge in [0.1, 0.15) is 5.60 Å². The molecule has 0 radical (unpaired) electrons. The van der Waals surface area contributed by atoms with E-state index in [-0.39, 0.29) is 24.0 Å². The number of ether oxygens (including phenoxy) is 2. The predicted molar refractivity (Wildman–Crippen MR) is 75.1 cm³/mol. The van der Waals surface area contributed by atoms with Gasteiger partial charge in [-0.2, -0.15) is 0 Å². The summed E-state index contributed by atoms with van der Waals surface area (Å²) in [4.78, 5) is 23.5. The quantitative estimate of drug-likeness (QED) is 0.768. The Kier molecular flexibility index (Phi) is 5.80. The van der Waals surface area contributed by atoms with E-state index in [1.807, 2.05) is 0 Å². The number of alkyl carbamates (subject to hydrolysis) is 1. The summed E-state index contributed by atoms with van der Waals surface area (Å²) in [6.07, 6.45) is 1.39. The second-order valence-electron chi connectivity index (χ2n) is 6.18. The molecule has 0 bridgehead atoms. The molecule has 1 saturated carbocycles. The summed E-state index contributed by atoms with van der Waals surface area (Å²) in [6, 6.07) is -0.416. The molecule has 3 atom stereocenters. The van der Waals surface area contributed by atoms with E-state index in [4.69, 9.17) is 15.2 Å². The molecule has 1 amide bonds. The van der Waals surface area contributed by atoms with Gasteiger partial charge < -0.3 is 20.5 Å². The Morgan fingerprint density at radius 3 is 2.50 bits per heavy atom. The number of carbonyl (C=O) groups excluding carboxylic acids is 2. The van der Waals surface area contributed by atoms with Crippen LogP contribution in [-0.4, -0.2) is 36.4 Å². The molecule has 1 rings (SSSR count). The summed E-state index contributed by atoms with van der Waals surface area (Å²) in [6.45, 7) is 7.55. The number of carbonyl (C=O) groups is 2. The maximum Gasteiger partial charge on any atom is 0.407 e. The second kappa shape index (κ2) is 6.92. The van der Waals surface area contributed by atoms with Gasteiger partial charge in [-0.15, -0.1) is 0 Å². The number of hydrogen-bond acceptors (Lipinski definition) is 5. The predicted octanol–water partition coefficient (Wildman–Crippen LogP) is 1.57. The lowest BCUT2D eigenvalue weighted by molar-refractivity contribution is -0.149. The first kappa shape index (κ1) is 16.8. The maximum atomic E-state index is 11.8. The van der Waals surface area contributed by atoms with Crippen LogP contribution in [0.3, 0.4) is 0 Å². The van der Waals surface area contributed by atoms with Crippen LogP contribution in [0.25, 0.3) is 0 Å². The van der Waals surface area contributed by atoms with Gasteiger partial charge in [-0.3, -0.25) is 4.79 Å². The summed E-state index contributed by atoms with van der Waals surface area (Å²) in [7, 11) is 0. The second-order valence-corrected chi connectivity index (χ2v) is 6.18. The third-order valence-corrected chi connectivity index (χ3v) is 3.23. The third kappa shape index (κ3) is 5.36. The highest BCUT2D eigenvalue weighted by Gasteiger charge is 2.34. The number of hydrogen-bond donors (Lipinski definition) is 2. The Labute approximate surface area is 120 Å². The number of esters is 1. The van der Waals surface area contributed by atoms with E-state index in [1.54, 1.807) is 27.7 Å². The highest BCUT2D eigenvalue weighted by Crippen LogP contribution is 2.25. The van der Waals surface area contributed by atoms with Gasteiger partial charge in [-0.1, -0.05) is 0 Å². The number of rotatable bonds is 3. The van der Waals surface area contributed by atoms with Crippen LogP contribution in [0.4, 0.5) is 4.79 Å². The van der Waals surface area contributed by atoms with E-state index in [1.165, 1.54) is 0 Å². The Bertz CT molecular complexity index is 352. The number of amides is 1. The molecular formula is C14H26N2O4. The molecule has 116 valence electrons. The fourth-order valence-corrected chi connectivity index (χ4v) is 2.29. The Morgan fingerprint density at radius 2 is 1.95 bits per heavy atom. The van der Waals surface area contributed by atoms with Crippen molar-refractivity contribution in [2.45, 2.75) is 64.6 Å². The molecule has 0 aromatic heterocycles. The van der Waals surface area contributed by atoms with Gasteiger partial charge in [0.2, 0.25) is 0 Å². The van der Waals surface area contributed by atoms with E-state index in [2.05, 4.69) is 5.32 Å². The molecule has 6 nitrogen and oxygen atoms in total. The van der Waals surface area contributed by atoms with Gasteiger partial charge in [-0.05, 0) is 47.0 Å². The molecular weight excluding hydrogens is 260 g/mol. The maximum absolute atomic E-state index is 11.8. The summed E-state index contributed by atoms with van der Waals surface area (Å²) in [5.74, 6) is -0.412. The van der Waals surface area contributed by atoms with Crippen molar-refractivity contribution in [3.05, 3.63) is 0 Å². The molecule has 0 aliphatic heterocycles. The van der Waals surface area contributed by atoms with Crippen LogP contribution >= 0.6 is 0 Å². The van der Waals surface area contributed by atoms with Crippen molar-refractivity contribution in [1.82, 2.24) is 5.32 Å². The van der Waals surface area contributed by atoms with E-state index in [9.17, 15) is 9.59 Å². The van der Waals surface area contributed by atoms with E-state index in [0.717, 1.165) is 0 Å². The van der Waals surface area contributed by atoms with Crippen LogP contribution in [-0.2, 0) is 14.3 Å². The van der Waals surface area contributed by atoms with Crippen LogP contribution in [0, 0.1) is 5.92 Å². The summed E-state index contributed by atoms with van der Waals surface area (Å²) in [5, 5.41) is 2.76. The van der Waals surface area contributed by atoms with Crippen molar-refractivity contribution in [2.24, 2.45) is 11.7 Å². The largest absolute Gasteiger partial charge is 0.466 e. The molecule has 3 N–H and O–H groups in total. The third-order valence-electron chi connectivity index (χ3n) is 3.23. The number of nitrogens with one attached hydrogen (secondary N) is 1. The molecule has 0 aromatic rings. The normalized spacial score (nSPS) is 26.8. The smallest absolute Gasteiger partial charge is 0.407 e. The molecule has 0 saturated heterocycles. The Balaban J connectivity index is 2.54. The van der Waals surface area contributed by atoms with Crippen molar-refractivity contribution in [3.8, 4) is 0 Å². The standard InChI is InChI=1S/C14H26N2O4/c1-5-19-12(17)9-6-7-10(15)11(8-9)16-13(18)20-14(2,3)4/h9-11H,5-8,15H2,1-4H3,(H,16,18)/t9?,10-,11?/m1/s1. The highest BCUT2D eigenvalue weighted by atomic mass is 16.6. The molecule has 20 heavy (non-hydrogen) atoms. The van der Waals surface area contributed by atoms with Gasteiger partial charge >= 0.3 is 12.1 Å². The van der Waals surface area contributed by atoms with Crippen LogP contribution in [0.1, 0.15) is 47.0 Å². The molecule has 2 unspecified atom stereocenters. The molecule has 6 heteroatoms. The summed E-state index contributed by atoms with van der Waals surface area (Å²) >= 11 is 0. The van der Waals surface area contributed by atoms with E-state index < -0.39 is 11.7 Å². The SMILES string of the molecule is CCOC(=O)C1CC[C@@H](N)C(NC(=O)OC(C)(C)C)C1. The van der Waals surface area contributed by atoms with Crippen LogP contribution < -0.4 is 11.1 Å². The monoisotopic (exact) mass is 286 g/mol. The minimum atomic E-state index is -0.552. The average Bonchev–Trinajstić information content (AvgIpc) is 2.29. The lowest BCUT2D eigenvalue weighted by Crippen LogP contribution is -2.53. The van der Waals surface area contributed by atoms with Crippen LogP contribution in [0.15, 0.2) is 0 Å².